The van der Waals surface area contributed by atoms with Gasteiger partial charge < -0.3 is 24.7 Å². The minimum Gasteiger partial charge on any atom is -0.494 e. The fraction of sp³-hybridized carbons (Fsp3) is 0.308. The van der Waals surface area contributed by atoms with Crippen LogP contribution >= 0.6 is 0 Å². The van der Waals surface area contributed by atoms with E-state index in [-0.39, 0.29) is 18.3 Å². The summed E-state index contributed by atoms with van der Waals surface area (Å²) in [5.41, 5.74) is 9.15. The lowest BCUT2D eigenvalue weighted by atomic mass is 10.0. The van der Waals surface area contributed by atoms with Crippen LogP contribution in [-0.2, 0) is 19.9 Å². The first kappa shape index (κ1) is 22.6. The van der Waals surface area contributed by atoms with Gasteiger partial charge in [-0.1, -0.05) is 30.3 Å². The van der Waals surface area contributed by atoms with Crippen molar-refractivity contribution in [1.29, 1.82) is 0 Å². The number of carbonyl (C=O) groups is 1. The summed E-state index contributed by atoms with van der Waals surface area (Å²) < 4.78 is 9.90. The van der Waals surface area contributed by atoms with Crippen molar-refractivity contribution >= 4 is 16.8 Å². The molecule has 0 fully saturated rings. The second-order valence-corrected chi connectivity index (χ2v) is 8.33. The van der Waals surface area contributed by atoms with Crippen LogP contribution in [0.1, 0.15) is 40.5 Å². The van der Waals surface area contributed by atoms with Gasteiger partial charge in [-0.2, -0.15) is 0 Å². The third-order valence-corrected chi connectivity index (χ3v) is 6.00. The molecule has 4 rings (SSSR count). The molecule has 33 heavy (non-hydrogen) atoms. The van der Waals surface area contributed by atoms with Gasteiger partial charge in [-0.05, 0) is 55.0 Å². The molecular weight excluding hydrogens is 416 g/mol. The first-order chi connectivity index (χ1) is 16.0. The number of fused-ring (bicyclic) bond motifs is 1. The van der Waals surface area contributed by atoms with Gasteiger partial charge in [-0.15, -0.1) is 0 Å². The maximum Gasteiger partial charge on any atom is 0.268 e. The molecule has 0 saturated carbocycles. The minimum absolute atomic E-state index is 0.0465. The first-order valence-electron chi connectivity index (χ1n) is 11.2. The number of imidazole rings is 1. The molecule has 2 aromatic heterocycles. The monoisotopic (exact) mass is 446 g/mol. The zero-order valence-corrected chi connectivity index (χ0v) is 18.9. The fourth-order valence-corrected chi connectivity index (χ4v) is 4.17. The van der Waals surface area contributed by atoms with Crippen LogP contribution in [0, 0.1) is 0 Å². The summed E-state index contributed by atoms with van der Waals surface area (Å²) in [4.78, 5) is 15.3. The third-order valence-electron chi connectivity index (χ3n) is 6.00. The average Bonchev–Trinajstić information content (AvgIpc) is 3.43. The number of hydrogen-bond acceptors (Lipinski definition) is 4. The highest BCUT2D eigenvalue weighted by molar-refractivity contribution is 5.90. The Bertz CT molecular complexity index is 1210. The fourth-order valence-electron chi connectivity index (χ4n) is 4.17. The molecule has 3 N–H and O–H groups in total. The van der Waals surface area contributed by atoms with Crippen molar-refractivity contribution in [2.24, 2.45) is 12.8 Å². The van der Waals surface area contributed by atoms with Crippen molar-refractivity contribution in [3.63, 3.8) is 0 Å². The number of carbonyl (C=O) groups excluding carboxylic acids is 1. The van der Waals surface area contributed by atoms with Crippen molar-refractivity contribution < 1.29 is 14.6 Å². The number of ether oxygens (including phenoxy) is 1. The number of amides is 1. The van der Waals surface area contributed by atoms with E-state index in [9.17, 15) is 9.90 Å². The molecule has 0 unspecified atom stereocenters. The number of nitrogens with two attached hydrogens (primary N) is 1. The summed E-state index contributed by atoms with van der Waals surface area (Å²) >= 11 is 0. The number of aryl methyl sites for hydroxylation is 3. The molecule has 1 atom stereocenters. The molecule has 4 aromatic rings. The smallest absolute Gasteiger partial charge is 0.268 e. The normalized spacial score (nSPS) is 12.2. The van der Waals surface area contributed by atoms with Crippen LogP contribution in [0.2, 0.25) is 0 Å². The SMILES string of the molecule is Cn1cc(CC[C@H](CO)n2cnc(C(N)=O)c2)c2cc(OCCCc3ccccc3)ccc21. The highest BCUT2D eigenvalue weighted by Gasteiger charge is 2.15. The topological polar surface area (TPSA) is 95.3 Å². The molecule has 7 heteroatoms. The van der Waals surface area contributed by atoms with Crippen LogP contribution in [0.5, 0.6) is 5.75 Å². The number of primary amides is 1. The lowest BCUT2D eigenvalue weighted by Crippen LogP contribution is -2.14. The van der Waals surface area contributed by atoms with Gasteiger partial charge in [0.15, 0.2) is 0 Å². The summed E-state index contributed by atoms with van der Waals surface area (Å²) in [6.07, 6.45) is 8.69. The highest BCUT2D eigenvalue weighted by Crippen LogP contribution is 2.28. The maximum absolute atomic E-state index is 11.3. The van der Waals surface area contributed by atoms with E-state index in [4.69, 9.17) is 10.5 Å². The van der Waals surface area contributed by atoms with Gasteiger partial charge in [-0.25, -0.2) is 4.98 Å². The minimum atomic E-state index is -0.573. The maximum atomic E-state index is 11.3. The van der Waals surface area contributed by atoms with Gasteiger partial charge in [0.25, 0.3) is 5.91 Å². The lowest BCUT2D eigenvalue weighted by Gasteiger charge is -2.15. The van der Waals surface area contributed by atoms with E-state index in [0.29, 0.717) is 13.0 Å². The molecule has 0 aliphatic carbocycles. The van der Waals surface area contributed by atoms with E-state index in [1.54, 1.807) is 17.1 Å². The molecular formula is C26H30N4O3. The van der Waals surface area contributed by atoms with Gasteiger partial charge >= 0.3 is 0 Å². The summed E-state index contributed by atoms with van der Waals surface area (Å²) in [6, 6.07) is 16.5. The summed E-state index contributed by atoms with van der Waals surface area (Å²) in [5, 5.41) is 11.0. The zero-order valence-electron chi connectivity index (χ0n) is 18.9. The molecule has 0 saturated heterocycles. The van der Waals surface area contributed by atoms with E-state index in [2.05, 4.69) is 52.1 Å². The van der Waals surface area contributed by atoms with Crippen LogP contribution in [0.25, 0.3) is 10.9 Å². The largest absolute Gasteiger partial charge is 0.494 e. The predicted molar refractivity (Wildman–Crippen MR) is 128 cm³/mol. The molecule has 0 radical (unpaired) electrons. The van der Waals surface area contributed by atoms with Crippen LogP contribution in [0.4, 0.5) is 0 Å². The molecule has 0 aliphatic rings. The molecule has 0 bridgehead atoms. The Morgan fingerprint density at radius 1 is 1.15 bits per heavy atom. The van der Waals surface area contributed by atoms with Crippen molar-refractivity contribution in [2.45, 2.75) is 31.7 Å². The van der Waals surface area contributed by atoms with Gasteiger partial charge in [-0.3, -0.25) is 4.79 Å². The Morgan fingerprint density at radius 2 is 1.97 bits per heavy atom. The molecule has 7 nitrogen and oxygen atoms in total. The summed E-state index contributed by atoms with van der Waals surface area (Å²) in [7, 11) is 2.03. The van der Waals surface area contributed by atoms with Crippen LogP contribution < -0.4 is 10.5 Å². The van der Waals surface area contributed by atoms with Crippen molar-refractivity contribution in [3.05, 3.63) is 84.1 Å². The van der Waals surface area contributed by atoms with Gasteiger partial charge in [0.05, 0.1) is 25.6 Å². The Labute approximate surface area is 193 Å². The lowest BCUT2D eigenvalue weighted by molar-refractivity contribution is 0.0995. The second kappa shape index (κ2) is 10.4. The molecule has 0 aliphatic heterocycles. The van der Waals surface area contributed by atoms with E-state index < -0.39 is 5.91 Å². The second-order valence-electron chi connectivity index (χ2n) is 8.33. The van der Waals surface area contributed by atoms with Crippen LogP contribution in [-0.4, -0.2) is 38.3 Å². The molecule has 2 aromatic carbocycles. The number of aromatic nitrogens is 3. The molecule has 2 heterocycles. The number of rotatable bonds is 11. The van der Waals surface area contributed by atoms with Crippen LogP contribution in [0.3, 0.4) is 0 Å². The molecule has 0 spiro atoms. The predicted octanol–water partition coefficient (Wildman–Crippen LogP) is 3.65. The number of benzene rings is 2. The van der Waals surface area contributed by atoms with E-state index in [1.165, 1.54) is 11.1 Å². The first-order valence-corrected chi connectivity index (χ1v) is 11.2. The van der Waals surface area contributed by atoms with Crippen LogP contribution in [0.15, 0.2) is 67.3 Å². The van der Waals surface area contributed by atoms with E-state index in [1.807, 2.05) is 19.2 Å². The number of hydrogen-bond donors (Lipinski definition) is 2. The van der Waals surface area contributed by atoms with Gasteiger partial charge in [0, 0.05) is 30.3 Å². The number of nitrogens with zero attached hydrogens (tertiary/aromatic N) is 3. The van der Waals surface area contributed by atoms with Crippen molar-refractivity contribution in [1.82, 2.24) is 14.1 Å². The molecule has 172 valence electrons. The van der Waals surface area contributed by atoms with Gasteiger partial charge in [0.1, 0.15) is 11.4 Å². The van der Waals surface area contributed by atoms with E-state index >= 15 is 0 Å². The standard InChI is InChI=1S/C26H30N4O3/c1-29-15-20(9-10-21(17-31)30-16-24(26(27)32)28-18-30)23-14-22(11-12-25(23)29)33-13-5-8-19-6-3-2-4-7-19/h2-4,6-7,11-12,14-16,18,21,31H,5,8-10,13,17H2,1H3,(H2,27,32)/t21-/m1/s1. The number of aliphatic hydroxyl groups is 1. The Kier molecular flexibility index (Phi) is 7.10. The quantitative estimate of drug-likeness (QED) is 0.344. The van der Waals surface area contributed by atoms with Gasteiger partial charge in [0.2, 0.25) is 0 Å². The van der Waals surface area contributed by atoms with Crippen molar-refractivity contribution in [3.8, 4) is 5.75 Å². The summed E-state index contributed by atoms with van der Waals surface area (Å²) in [6.45, 7) is 0.618. The van der Waals surface area contributed by atoms with E-state index in [0.717, 1.165) is 35.9 Å². The average molecular weight is 447 g/mol. The third kappa shape index (κ3) is 5.43. The Balaban J connectivity index is 1.41. The summed E-state index contributed by atoms with van der Waals surface area (Å²) in [5.74, 6) is 0.290. The zero-order chi connectivity index (χ0) is 23.2. The number of aliphatic hydroxyl groups excluding tert-OH is 1. The van der Waals surface area contributed by atoms with Crippen molar-refractivity contribution in [2.75, 3.05) is 13.2 Å². The highest BCUT2D eigenvalue weighted by atomic mass is 16.5. The Hall–Kier alpha value is -3.58. The Morgan fingerprint density at radius 3 is 2.70 bits per heavy atom. The molecule has 1 amide bonds.